The maximum atomic E-state index is 11.6. The summed E-state index contributed by atoms with van der Waals surface area (Å²) >= 11 is 0. The van der Waals surface area contributed by atoms with Crippen LogP contribution in [0.3, 0.4) is 0 Å². The van der Waals surface area contributed by atoms with Gasteiger partial charge in [-0.25, -0.2) is 4.98 Å². The first-order valence-electron chi connectivity index (χ1n) is 5.19. The number of carbonyl (C=O) groups is 2. The Labute approximate surface area is 99.1 Å². The number of anilines is 1. The van der Waals surface area contributed by atoms with E-state index in [9.17, 15) is 9.59 Å². The van der Waals surface area contributed by atoms with E-state index in [1.807, 2.05) is 0 Å². The molecular weight excluding hydrogens is 222 g/mol. The molecule has 0 spiro atoms. The fraction of sp³-hybridized carbons (Fsp3) is 0.364. The third-order valence-electron chi connectivity index (χ3n) is 1.88. The van der Waals surface area contributed by atoms with Gasteiger partial charge in [-0.3, -0.25) is 9.59 Å². The molecule has 1 atom stereocenters. The normalized spacial score (nSPS) is 11.7. The van der Waals surface area contributed by atoms with Crippen molar-refractivity contribution < 1.29 is 14.7 Å². The molecule has 0 bridgehead atoms. The van der Waals surface area contributed by atoms with E-state index in [2.05, 4.69) is 15.6 Å². The maximum Gasteiger partial charge on any atom is 0.251 e. The number of rotatable bonds is 4. The Kier molecular flexibility index (Phi) is 4.59. The lowest BCUT2D eigenvalue weighted by atomic mass is 10.2. The van der Waals surface area contributed by atoms with Gasteiger partial charge in [0.1, 0.15) is 5.82 Å². The second kappa shape index (κ2) is 5.95. The Hall–Kier alpha value is -1.95. The van der Waals surface area contributed by atoms with E-state index < -0.39 is 6.10 Å². The van der Waals surface area contributed by atoms with Crippen LogP contribution in [0.1, 0.15) is 24.2 Å². The quantitative estimate of drug-likeness (QED) is 0.695. The molecule has 6 nitrogen and oxygen atoms in total. The van der Waals surface area contributed by atoms with Crippen molar-refractivity contribution in [2.75, 3.05) is 11.9 Å². The van der Waals surface area contributed by atoms with Gasteiger partial charge in [-0.15, -0.1) is 0 Å². The topological polar surface area (TPSA) is 91.3 Å². The van der Waals surface area contributed by atoms with Crippen molar-refractivity contribution in [2.45, 2.75) is 20.0 Å². The number of nitrogens with zero attached hydrogens (tertiary/aromatic N) is 1. The first-order valence-corrected chi connectivity index (χ1v) is 5.19. The molecule has 0 saturated heterocycles. The van der Waals surface area contributed by atoms with Gasteiger partial charge >= 0.3 is 0 Å². The third-order valence-corrected chi connectivity index (χ3v) is 1.88. The average molecular weight is 237 g/mol. The van der Waals surface area contributed by atoms with Crippen LogP contribution in [0, 0.1) is 0 Å². The zero-order valence-corrected chi connectivity index (χ0v) is 9.73. The highest BCUT2D eigenvalue weighted by molar-refractivity contribution is 5.96. The van der Waals surface area contributed by atoms with Crippen molar-refractivity contribution in [3.63, 3.8) is 0 Å². The number of hydrogen-bond acceptors (Lipinski definition) is 4. The monoisotopic (exact) mass is 237 g/mol. The van der Waals surface area contributed by atoms with Crippen LogP contribution in [0.4, 0.5) is 5.82 Å². The molecule has 0 aliphatic heterocycles. The molecule has 1 aromatic rings. The minimum absolute atomic E-state index is 0.177. The van der Waals surface area contributed by atoms with Crippen molar-refractivity contribution in [1.29, 1.82) is 0 Å². The summed E-state index contributed by atoms with van der Waals surface area (Å²) in [5.74, 6) is -0.249. The number of aliphatic hydroxyl groups excluding tert-OH is 1. The highest BCUT2D eigenvalue weighted by Crippen LogP contribution is 2.06. The first-order chi connectivity index (χ1) is 7.99. The summed E-state index contributed by atoms with van der Waals surface area (Å²) < 4.78 is 0. The molecule has 17 heavy (non-hydrogen) atoms. The Bertz CT molecular complexity index is 418. The van der Waals surface area contributed by atoms with Crippen LogP contribution < -0.4 is 10.6 Å². The van der Waals surface area contributed by atoms with Gasteiger partial charge < -0.3 is 15.7 Å². The van der Waals surface area contributed by atoms with E-state index in [-0.39, 0.29) is 18.4 Å². The zero-order chi connectivity index (χ0) is 12.8. The number of aliphatic hydroxyl groups is 1. The van der Waals surface area contributed by atoms with Crippen molar-refractivity contribution in [3.05, 3.63) is 23.9 Å². The molecule has 3 N–H and O–H groups in total. The van der Waals surface area contributed by atoms with Crippen LogP contribution in [-0.4, -0.2) is 34.6 Å². The number of carbonyl (C=O) groups excluding carboxylic acids is 2. The van der Waals surface area contributed by atoms with Gasteiger partial charge in [-0.05, 0) is 19.1 Å². The first kappa shape index (κ1) is 13.1. The van der Waals surface area contributed by atoms with E-state index in [0.29, 0.717) is 11.4 Å². The Morgan fingerprint density at radius 2 is 2.24 bits per heavy atom. The minimum Gasteiger partial charge on any atom is -0.392 e. The molecule has 0 aliphatic carbocycles. The summed E-state index contributed by atoms with van der Waals surface area (Å²) in [5.41, 5.74) is 0.379. The van der Waals surface area contributed by atoms with Crippen LogP contribution in [-0.2, 0) is 4.79 Å². The van der Waals surface area contributed by atoms with Gasteiger partial charge in [0.15, 0.2) is 0 Å². The standard InChI is InChI=1S/C11H15N3O3/c1-7(15)6-13-11(17)9-3-4-12-10(5-9)14-8(2)16/h3-5,7,15H,6H2,1-2H3,(H,13,17)(H,12,14,16). The SMILES string of the molecule is CC(=O)Nc1cc(C(=O)NCC(C)O)ccn1. The van der Waals surface area contributed by atoms with Crippen LogP contribution in [0.2, 0.25) is 0 Å². The van der Waals surface area contributed by atoms with Gasteiger partial charge in [0.2, 0.25) is 5.91 Å². The second-order valence-electron chi connectivity index (χ2n) is 3.67. The molecule has 1 unspecified atom stereocenters. The van der Waals surface area contributed by atoms with E-state index in [0.717, 1.165) is 0 Å². The highest BCUT2D eigenvalue weighted by Gasteiger charge is 2.08. The summed E-state index contributed by atoms with van der Waals surface area (Å²) in [4.78, 5) is 26.3. The molecule has 0 aliphatic rings. The molecule has 1 heterocycles. The number of hydrogen-bond donors (Lipinski definition) is 3. The van der Waals surface area contributed by atoms with Crippen LogP contribution in [0.5, 0.6) is 0 Å². The highest BCUT2D eigenvalue weighted by atomic mass is 16.3. The van der Waals surface area contributed by atoms with Gasteiger partial charge in [0.05, 0.1) is 6.10 Å². The molecule has 0 aromatic carbocycles. The molecule has 0 radical (unpaired) electrons. The molecule has 1 rings (SSSR count). The molecule has 2 amide bonds. The van der Waals surface area contributed by atoms with Gasteiger partial charge in [0.25, 0.3) is 5.91 Å². The molecular formula is C11H15N3O3. The molecule has 92 valence electrons. The smallest absolute Gasteiger partial charge is 0.251 e. The van der Waals surface area contributed by atoms with Crippen molar-refractivity contribution >= 4 is 17.6 Å². The van der Waals surface area contributed by atoms with Crippen LogP contribution in [0.15, 0.2) is 18.3 Å². The Balaban J connectivity index is 2.70. The lowest BCUT2D eigenvalue weighted by Crippen LogP contribution is -2.30. The lowest BCUT2D eigenvalue weighted by Gasteiger charge is -2.08. The van der Waals surface area contributed by atoms with E-state index in [1.165, 1.54) is 25.3 Å². The molecule has 0 fully saturated rings. The molecule has 0 saturated carbocycles. The predicted molar refractivity (Wildman–Crippen MR) is 62.6 cm³/mol. The second-order valence-corrected chi connectivity index (χ2v) is 3.67. The predicted octanol–water partition coefficient (Wildman–Crippen LogP) is 0.151. The van der Waals surface area contributed by atoms with Crippen molar-refractivity contribution in [2.24, 2.45) is 0 Å². The Morgan fingerprint density at radius 1 is 1.53 bits per heavy atom. The average Bonchev–Trinajstić information content (AvgIpc) is 2.25. The Morgan fingerprint density at radius 3 is 2.82 bits per heavy atom. The zero-order valence-electron chi connectivity index (χ0n) is 9.73. The van der Waals surface area contributed by atoms with E-state index in [4.69, 9.17) is 5.11 Å². The number of pyridine rings is 1. The largest absolute Gasteiger partial charge is 0.392 e. The fourth-order valence-electron chi connectivity index (χ4n) is 1.16. The maximum absolute atomic E-state index is 11.6. The third kappa shape index (κ3) is 4.60. The summed E-state index contributed by atoms with van der Waals surface area (Å²) in [6, 6.07) is 3.00. The van der Waals surface area contributed by atoms with Gasteiger partial charge in [-0.2, -0.15) is 0 Å². The minimum atomic E-state index is -0.601. The fourth-order valence-corrected chi connectivity index (χ4v) is 1.16. The van der Waals surface area contributed by atoms with E-state index >= 15 is 0 Å². The van der Waals surface area contributed by atoms with Crippen LogP contribution >= 0.6 is 0 Å². The summed E-state index contributed by atoms with van der Waals surface area (Å²) in [5, 5.41) is 14.1. The molecule has 1 aromatic heterocycles. The van der Waals surface area contributed by atoms with Crippen LogP contribution in [0.25, 0.3) is 0 Å². The van der Waals surface area contributed by atoms with Gasteiger partial charge in [0, 0.05) is 25.2 Å². The number of nitrogens with one attached hydrogen (secondary N) is 2. The number of amides is 2. The lowest BCUT2D eigenvalue weighted by molar-refractivity contribution is -0.114. The van der Waals surface area contributed by atoms with Crippen molar-refractivity contribution in [1.82, 2.24) is 10.3 Å². The number of aromatic nitrogens is 1. The summed E-state index contributed by atoms with van der Waals surface area (Å²) in [6.07, 6.45) is 0.832. The van der Waals surface area contributed by atoms with E-state index in [1.54, 1.807) is 6.92 Å². The summed E-state index contributed by atoms with van der Waals surface area (Å²) in [6.45, 7) is 3.12. The summed E-state index contributed by atoms with van der Waals surface area (Å²) in [7, 11) is 0. The molecule has 6 heteroatoms. The van der Waals surface area contributed by atoms with Gasteiger partial charge in [-0.1, -0.05) is 0 Å². The van der Waals surface area contributed by atoms with Crippen molar-refractivity contribution in [3.8, 4) is 0 Å².